The van der Waals surface area contributed by atoms with E-state index in [1.807, 2.05) is 0 Å². The molecule has 0 N–H and O–H groups in total. The van der Waals surface area contributed by atoms with Crippen molar-refractivity contribution in [1.29, 1.82) is 0 Å². The summed E-state index contributed by atoms with van der Waals surface area (Å²) >= 11 is 7.47. The highest BCUT2D eigenvalue weighted by Crippen LogP contribution is 2.55. The van der Waals surface area contributed by atoms with Crippen molar-refractivity contribution in [3.05, 3.63) is 119 Å². The van der Waals surface area contributed by atoms with Crippen LogP contribution in [0.25, 0.3) is 21.5 Å². The second-order valence-electron chi connectivity index (χ2n) is 12.4. The molecule has 3 heteroatoms. The summed E-state index contributed by atoms with van der Waals surface area (Å²) in [5.41, 5.74) is 8.14. The molecule has 40 heavy (non-hydrogen) atoms. The Bertz CT molecular complexity index is 1710. The number of piperazine rings is 1. The zero-order chi connectivity index (χ0) is 27.4. The van der Waals surface area contributed by atoms with Crippen molar-refractivity contribution in [1.82, 2.24) is 0 Å². The lowest BCUT2D eigenvalue weighted by Crippen LogP contribution is -2.46. The molecule has 1 aliphatic heterocycles. The number of rotatable bonds is 3. The molecular weight excluding hydrogens is 508 g/mol. The maximum atomic E-state index is 7.47. The van der Waals surface area contributed by atoms with E-state index in [-0.39, 0.29) is 16.7 Å². The average Bonchev–Trinajstić information content (AvgIpc) is 2.97. The molecule has 1 saturated heterocycles. The highest BCUT2D eigenvalue weighted by Gasteiger charge is 2.42. The first-order valence-corrected chi connectivity index (χ1v) is 15.1. The molecule has 1 fully saturated rings. The summed E-state index contributed by atoms with van der Waals surface area (Å²) in [5.74, 6) is 0.243. The van der Waals surface area contributed by atoms with Gasteiger partial charge in [0.05, 0.1) is 5.38 Å². The topological polar surface area (TPSA) is 6.48 Å². The predicted octanol–water partition coefficient (Wildman–Crippen LogP) is 9.27. The summed E-state index contributed by atoms with van der Waals surface area (Å²) in [6, 6.07) is 35.9. The van der Waals surface area contributed by atoms with Crippen LogP contribution in [-0.2, 0) is 6.42 Å². The van der Waals surface area contributed by atoms with E-state index in [0.717, 1.165) is 32.6 Å². The Morgan fingerprint density at radius 1 is 0.700 bits per heavy atom. The Hall–Kier alpha value is -3.49. The lowest BCUT2D eigenvalue weighted by Gasteiger charge is -2.44. The first-order valence-electron chi connectivity index (χ1n) is 14.6. The van der Waals surface area contributed by atoms with Crippen LogP contribution in [0.1, 0.15) is 47.4 Å². The molecule has 0 radical (unpaired) electrons. The van der Waals surface area contributed by atoms with Crippen LogP contribution in [0.2, 0.25) is 0 Å². The molecule has 0 amide bonds. The predicted molar refractivity (Wildman–Crippen MR) is 172 cm³/mol. The third-order valence-electron chi connectivity index (χ3n) is 9.47. The van der Waals surface area contributed by atoms with Gasteiger partial charge in [-0.15, -0.1) is 11.6 Å². The Morgan fingerprint density at radius 2 is 1.43 bits per heavy atom. The summed E-state index contributed by atoms with van der Waals surface area (Å²) in [6.45, 7) is 11.2. The molecule has 2 nitrogen and oxygen atoms in total. The molecule has 0 saturated carbocycles. The van der Waals surface area contributed by atoms with Crippen LogP contribution in [0.15, 0.2) is 97.1 Å². The van der Waals surface area contributed by atoms with Crippen molar-refractivity contribution in [2.75, 3.05) is 36.0 Å². The monoisotopic (exact) mass is 544 g/mol. The third kappa shape index (κ3) is 4.25. The summed E-state index contributed by atoms with van der Waals surface area (Å²) in [7, 11) is 0. The van der Waals surface area contributed by atoms with Gasteiger partial charge in [0.2, 0.25) is 0 Å². The van der Waals surface area contributed by atoms with Gasteiger partial charge in [-0.2, -0.15) is 0 Å². The van der Waals surface area contributed by atoms with Gasteiger partial charge in [-0.25, -0.2) is 0 Å². The van der Waals surface area contributed by atoms with Gasteiger partial charge in [0.15, 0.2) is 0 Å². The summed E-state index contributed by atoms with van der Waals surface area (Å²) in [5, 5.41) is 5.24. The van der Waals surface area contributed by atoms with E-state index in [2.05, 4.69) is 128 Å². The Balaban J connectivity index is 1.19. The number of aryl methyl sites for hydroxylation is 1. The van der Waals surface area contributed by atoms with E-state index in [1.165, 1.54) is 55.2 Å². The zero-order valence-electron chi connectivity index (χ0n) is 23.7. The summed E-state index contributed by atoms with van der Waals surface area (Å²) in [4.78, 5) is 5.07. The SMILES string of the molecule is Cc1ccccc1N1CCN(c2cccc(C3C(Cl)c4ccc5c(ccc6ccccc65)c4CC3(C)C)c2)CC1. The summed E-state index contributed by atoms with van der Waals surface area (Å²) < 4.78 is 0. The number of anilines is 2. The largest absolute Gasteiger partial charge is 0.368 e. The number of alkyl halides is 1. The molecule has 0 spiro atoms. The van der Waals surface area contributed by atoms with Crippen molar-refractivity contribution in [2.45, 2.75) is 38.5 Å². The fourth-order valence-corrected chi connectivity index (χ4v) is 8.11. The van der Waals surface area contributed by atoms with Gasteiger partial charge in [-0.3, -0.25) is 0 Å². The van der Waals surface area contributed by atoms with Gasteiger partial charge < -0.3 is 9.80 Å². The van der Waals surface area contributed by atoms with E-state index in [9.17, 15) is 0 Å². The number of para-hydroxylation sites is 1. The van der Waals surface area contributed by atoms with Gasteiger partial charge in [0.1, 0.15) is 0 Å². The number of nitrogens with zero attached hydrogens (tertiary/aromatic N) is 2. The molecule has 0 bridgehead atoms. The normalized spacial score (nSPS) is 20.6. The van der Waals surface area contributed by atoms with Crippen molar-refractivity contribution >= 4 is 44.5 Å². The van der Waals surface area contributed by atoms with Crippen molar-refractivity contribution in [3.63, 3.8) is 0 Å². The molecule has 1 aliphatic carbocycles. The molecule has 0 aromatic heterocycles. The Kier molecular flexibility index (Phi) is 6.28. The van der Waals surface area contributed by atoms with Crippen LogP contribution in [-0.4, -0.2) is 26.2 Å². The lowest BCUT2D eigenvalue weighted by atomic mass is 9.63. The quantitative estimate of drug-likeness (QED) is 0.165. The van der Waals surface area contributed by atoms with E-state index >= 15 is 0 Å². The molecule has 2 atom stereocenters. The van der Waals surface area contributed by atoms with Crippen LogP contribution in [0.4, 0.5) is 11.4 Å². The molecule has 1 heterocycles. The third-order valence-corrected chi connectivity index (χ3v) is 9.96. The van der Waals surface area contributed by atoms with E-state index < -0.39 is 0 Å². The van der Waals surface area contributed by atoms with E-state index in [4.69, 9.17) is 11.6 Å². The number of benzene rings is 5. The standard InChI is InChI=1S/C37H37ClN2/c1-25-9-4-7-14-34(25)40-21-19-39(20-22-40)28-12-8-11-27(23-28)35-36(38)32-18-17-30-29-13-6-5-10-26(29)15-16-31(30)33(32)24-37(35,2)3/h4-18,23,35-36H,19-22,24H2,1-3H3. The molecule has 5 aromatic rings. The van der Waals surface area contributed by atoms with Crippen LogP contribution < -0.4 is 9.80 Å². The maximum Gasteiger partial charge on any atom is 0.0661 e. The van der Waals surface area contributed by atoms with Crippen molar-refractivity contribution in [3.8, 4) is 0 Å². The minimum atomic E-state index is -0.0669. The van der Waals surface area contributed by atoms with Gasteiger partial charge in [0.25, 0.3) is 0 Å². The smallest absolute Gasteiger partial charge is 0.0661 e. The summed E-state index contributed by atoms with van der Waals surface area (Å²) in [6.07, 6.45) is 1.02. The minimum Gasteiger partial charge on any atom is -0.368 e. The van der Waals surface area contributed by atoms with Crippen molar-refractivity contribution < 1.29 is 0 Å². The van der Waals surface area contributed by atoms with Gasteiger partial charge in [-0.05, 0) is 80.8 Å². The number of halogens is 1. The molecule has 202 valence electrons. The van der Waals surface area contributed by atoms with Gasteiger partial charge in [-0.1, -0.05) is 92.7 Å². The number of hydrogen-bond acceptors (Lipinski definition) is 2. The Labute approximate surface area is 243 Å². The van der Waals surface area contributed by atoms with Gasteiger partial charge >= 0.3 is 0 Å². The fraction of sp³-hybridized carbons (Fsp3) is 0.297. The molecule has 5 aromatic carbocycles. The van der Waals surface area contributed by atoms with E-state index in [0.29, 0.717) is 0 Å². The molecule has 2 unspecified atom stereocenters. The highest BCUT2D eigenvalue weighted by molar-refractivity contribution is 6.22. The molecule has 2 aliphatic rings. The second kappa shape index (κ2) is 9.85. The van der Waals surface area contributed by atoms with Crippen LogP contribution in [0.3, 0.4) is 0 Å². The van der Waals surface area contributed by atoms with Crippen molar-refractivity contribution in [2.24, 2.45) is 5.41 Å². The maximum absolute atomic E-state index is 7.47. The van der Waals surface area contributed by atoms with Gasteiger partial charge in [0, 0.05) is 43.5 Å². The fourth-order valence-electron chi connectivity index (χ4n) is 7.42. The second-order valence-corrected chi connectivity index (χ2v) is 12.9. The lowest BCUT2D eigenvalue weighted by molar-refractivity contribution is 0.258. The van der Waals surface area contributed by atoms with E-state index in [1.54, 1.807) is 0 Å². The highest BCUT2D eigenvalue weighted by atomic mass is 35.5. The van der Waals surface area contributed by atoms with Crippen LogP contribution >= 0.6 is 11.6 Å². The zero-order valence-corrected chi connectivity index (χ0v) is 24.5. The van der Waals surface area contributed by atoms with Crippen LogP contribution in [0, 0.1) is 12.3 Å². The minimum absolute atomic E-state index is 0.0293. The number of hydrogen-bond donors (Lipinski definition) is 0. The average molecular weight is 545 g/mol. The molecular formula is C37H37ClN2. The first kappa shape index (κ1) is 25.5. The van der Waals surface area contributed by atoms with Crippen LogP contribution in [0.5, 0.6) is 0 Å². The molecule has 7 rings (SSSR count). The number of fused-ring (bicyclic) bond motifs is 5. The Morgan fingerprint density at radius 3 is 2.25 bits per heavy atom. The first-order chi connectivity index (χ1) is 19.4.